The van der Waals surface area contributed by atoms with E-state index in [1.165, 1.54) is 9.87 Å². The molecule has 0 atom stereocenters. The summed E-state index contributed by atoms with van der Waals surface area (Å²) in [6.07, 6.45) is 0.890. The summed E-state index contributed by atoms with van der Waals surface area (Å²) >= 11 is 0. The van der Waals surface area contributed by atoms with Gasteiger partial charge in [-0.3, -0.25) is 9.69 Å². The quantitative estimate of drug-likeness (QED) is 0.616. The van der Waals surface area contributed by atoms with Crippen molar-refractivity contribution in [2.45, 2.75) is 45.6 Å². The van der Waals surface area contributed by atoms with Gasteiger partial charge in [-0.05, 0) is 32.8 Å². The number of amides is 1. The number of hydrogen-bond donors (Lipinski definition) is 0. The van der Waals surface area contributed by atoms with E-state index in [4.69, 9.17) is 4.52 Å². The molecule has 1 aromatic carbocycles. The van der Waals surface area contributed by atoms with Crippen molar-refractivity contribution in [2.24, 2.45) is 0 Å². The van der Waals surface area contributed by atoms with Crippen LogP contribution in [0.25, 0.3) is 0 Å². The third-order valence-electron chi connectivity index (χ3n) is 5.60. The molecular weight excluding hydrogens is 416 g/mol. The zero-order valence-corrected chi connectivity index (χ0v) is 19.6. The maximum absolute atomic E-state index is 13.0. The zero-order valence-electron chi connectivity index (χ0n) is 18.8. The number of hydrogen-bond acceptors (Lipinski definition) is 6. The molecule has 0 radical (unpaired) electrons. The van der Waals surface area contributed by atoms with E-state index in [0.29, 0.717) is 57.3 Å². The molecule has 31 heavy (non-hydrogen) atoms. The fraction of sp³-hybridized carbons (Fsp3) is 0.545. The Hall–Kier alpha value is -2.23. The first-order valence-electron chi connectivity index (χ1n) is 10.7. The van der Waals surface area contributed by atoms with E-state index in [-0.39, 0.29) is 10.8 Å². The molecule has 1 aliphatic heterocycles. The molecule has 9 heteroatoms. The predicted octanol–water partition coefficient (Wildman–Crippen LogP) is 2.34. The van der Waals surface area contributed by atoms with E-state index in [9.17, 15) is 13.2 Å². The molecule has 0 N–H and O–H groups in total. The minimum atomic E-state index is -3.65. The third-order valence-corrected chi connectivity index (χ3v) is 7.74. The van der Waals surface area contributed by atoms with E-state index in [2.05, 4.69) is 36.3 Å². The van der Waals surface area contributed by atoms with E-state index >= 15 is 0 Å². The van der Waals surface area contributed by atoms with E-state index in [1.807, 2.05) is 16.7 Å². The smallest absolute Gasteiger partial charge is 0.248 e. The van der Waals surface area contributed by atoms with Crippen LogP contribution in [0.4, 0.5) is 0 Å². The summed E-state index contributed by atoms with van der Waals surface area (Å²) in [4.78, 5) is 17.0. The second kappa shape index (κ2) is 9.93. The first-order chi connectivity index (χ1) is 14.7. The van der Waals surface area contributed by atoms with E-state index in [0.717, 1.165) is 12.0 Å². The Morgan fingerprint density at radius 3 is 2.29 bits per heavy atom. The number of nitrogens with zero attached hydrogens (tertiary/aromatic N) is 4. The number of benzene rings is 1. The Morgan fingerprint density at radius 2 is 1.74 bits per heavy atom. The lowest BCUT2D eigenvalue weighted by molar-refractivity contribution is -0.133. The molecule has 0 unspecified atom stereocenters. The molecule has 0 saturated carbocycles. The monoisotopic (exact) mass is 448 g/mol. The van der Waals surface area contributed by atoms with Gasteiger partial charge in [0, 0.05) is 39.3 Å². The van der Waals surface area contributed by atoms with Crippen LogP contribution in [-0.4, -0.2) is 72.9 Å². The van der Waals surface area contributed by atoms with Gasteiger partial charge in [-0.2, -0.15) is 4.31 Å². The van der Waals surface area contributed by atoms with Crippen LogP contribution >= 0.6 is 0 Å². The third kappa shape index (κ3) is 5.53. The number of carbonyl (C=O) groups is 1. The highest BCUT2D eigenvalue weighted by molar-refractivity contribution is 7.89. The second-order valence-corrected chi connectivity index (χ2v) is 10.0. The van der Waals surface area contributed by atoms with Crippen molar-refractivity contribution in [1.82, 2.24) is 19.3 Å². The Bertz CT molecular complexity index is 974. The van der Waals surface area contributed by atoms with Crippen molar-refractivity contribution in [3.05, 3.63) is 46.8 Å². The number of aromatic nitrogens is 1. The first-order valence-corrected chi connectivity index (χ1v) is 12.1. The van der Waals surface area contributed by atoms with Gasteiger partial charge in [0.15, 0.2) is 5.76 Å². The molecule has 3 rings (SSSR count). The Labute approximate surface area is 184 Å². The van der Waals surface area contributed by atoms with Crippen molar-refractivity contribution in [2.75, 3.05) is 39.3 Å². The van der Waals surface area contributed by atoms with Crippen LogP contribution < -0.4 is 0 Å². The van der Waals surface area contributed by atoms with Crippen LogP contribution in [0.2, 0.25) is 0 Å². The van der Waals surface area contributed by atoms with Gasteiger partial charge in [0.2, 0.25) is 15.9 Å². The van der Waals surface area contributed by atoms with Crippen molar-refractivity contribution < 1.29 is 17.7 Å². The molecule has 0 spiro atoms. The largest absolute Gasteiger partial charge is 0.360 e. The predicted molar refractivity (Wildman–Crippen MR) is 118 cm³/mol. The summed E-state index contributed by atoms with van der Waals surface area (Å²) in [6, 6.07) is 8.23. The van der Waals surface area contributed by atoms with Crippen LogP contribution in [0.1, 0.15) is 35.9 Å². The Kier molecular flexibility index (Phi) is 7.51. The lowest BCUT2D eigenvalue weighted by atomic mass is 10.1. The van der Waals surface area contributed by atoms with Gasteiger partial charge in [0.05, 0.1) is 6.54 Å². The number of aryl methyl sites for hydroxylation is 3. The molecule has 1 amide bonds. The van der Waals surface area contributed by atoms with Crippen molar-refractivity contribution in [3.8, 4) is 0 Å². The van der Waals surface area contributed by atoms with Crippen LogP contribution in [0.3, 0.4) is 0 Å². The maximum atomic E-state index is 13.0. The highest BCUT2D eigenvalue weighted by atomic mass is 32.2. The standard InChI is InChI=1S/C22H32N4O4S/c1-5-10-25(15-20-8-6-17(2)7-9-20)21(27)16-24-11-13-26(14-12-24)31(28,29)22-18(3)23-30-19(22)4/h6-9H,5,10-16H2,1-4H3. The molecule has 8 nitrogen and oxygen atoms in total. The van der Waals surface area contributed by atoms with Crippen LogP contribution in [0.15, 0.2) is 33.7 Å². The topological polar surface area (TPSA) is 87.0 Å². The molecule has 1 aromatic heterocycles. The molecule has 1 aliphatic rings. The average Bonchev–Trinajstić information content (AvgIpc) is 3.08. The highest BCUT2D eigenvalue weighted by Gasteiger charge is 2.33. The van der Waals surface area contributed by atoms with E-state index < -0.39 is 10.0 Å². The summed E-state index contributed by atoms with van der Waals surface area (Å²) in [5.41, 5.74) is 2.69. The van der Waals surface area contributed by atoms with Crippen LogP contribution in [0.5, 0.6) is 0 Å². The lowest BCUT2D eigenvalue weighted by Gasteiger charge is -2.34. The first kappa shape index (κ1) is 23.4. The van der Waals surface area contributed by atoms with Gasteiger partial charge in [-0.1, -0.05) is 41.9 Å². The van der Waals surface area contributed by atoms with Crippen LogP contribution in [0, 0.1) is 20.8 Å². The van der Waals surface area contributed by atoms with Crippen molar-refractivity contribution >= 4 is 15.9 Å². The minimum absolute atomic E-state index is 0.0736. The fourth-order valence-corrected chi connectivity index (χ4v) is 5.58. The lowest BCUT2D eigenvalue weighted by Crippen LogP contribution is -2.51. The molecule has 0 bridgehead atoms. The minimum Gasteiger partial charge on any atom is -0.360 e. The van der Waals surface area contributed by atoms with Gasteiger partial charge in [0.25, 0.3) is 0 Å². The summed E-state index contributed by atoms with van der Waals surface area (Å²) in [7, 11) is -3.65. The van der Waals surface area contributed by atoms with E-state index in [1.54, 1.807) is 13.8 Å². The van der Waals surface area contributed by atoms with Gasteiger partial charge < -0.3 is 9.42 Å². The molecule has 2 aromatic rings. The SMILES string of the molecule is CCCN(Cc1ccc(C)cc1)C(=O)CN1CCN(S(=O)(=O)c2c(C)noc2C)CC1. The maximum Gasteiger partial charge on any atom is 0.248 e. The molecular formula is C22H32N4O4S. The molecule has 1 fully saturated rings. The van der Waals surface area contributed by atoms with Crippen molar-refractivity contribution in [3.63, 3.8) is 0 Å². The van der Waals surface area contributed by atoms with Crippen molar-refractivity contribution in [1.29, 1.82) is 0 Å². The summed E-state index contributed by atoms with van der Waals surface area (Å²) in [6.45, 7) is 10.6. The number of piperazine rings is 1. The van der Waals surface area contributed by atoms with Gasteiger partial charge in [0.1, 0.15) is 10.6 Å². The summed E-state index contributed by atoms with van der Waals surface area (Å²) in [5.74, 6) is 0.380. The summed E-state index contributed by atoms with van der Waals surface area (Å²) in [5, 5.41) is 3.77. The zero-order chi connectivity index (χ0) is 22.6. The number of carbonyl (C=O) groups excluding carboxylic acids is 1. The van der Waals surface area contributed by atoms with Gasteiger partial charge in [-0.25, -0.2) is 8.42 Å². The number of sulfonamides is 1. The Balaban J connectivity index is 1.58. The summed E-state index contributed by atoms with van der Waals surface area (Å²) < 4.78 is 32.4. The molecule has 2 heterocycles. The number of rotatable bonds is 8. The fourth-order valence-electron chi connectivity index (χ4n) is 3.87. The normalized spacial score (nSPS) is 15.9. The van der Waals surface area contributed by atoms with Gasteiger partial charge in [-0.15, -0.1) is 0 Å². The second-order valence-electron chi connectivity index (χ2n) is 8.13. The molecule has 1 saturated heterocycles. The average molecular weight is 449 g/mol. The van der Waals surface area contributed by atoms with Crippen LogP contribution in [-0.2, 0) is 21.4 Å². The molecule has 0 aliphatic carbocycles. The Morgan fingerprint density at radius 1 is 1.10 bits per heavy atom. The highest BCUT2D eigenvalue weighted by Crippen LogP contribution is 2.24. The molecule has 170 valence electrons. The van der Waals surface area contributed by atoms with Gasteiger partial charge >= 0.3 is 0 Å².